The second-order valence-corrected chi connectivity index (χ2v) is 8.85. The van der Waals surface area contributed by atoms with Gasteiger partial charge < -0.3 is 4.98 Å². The molecule has 7 nitrogen and oxygen atoms in total. The Labute approximate surface area is 167 Å². The van der Waals surface area contributed by atoms with Crippen molar-refractivity contribution in [3.8, 4) is 0 Å². The van der Waals surface area contributed by atoms with E-state index >= 15 is 0 Å². The standard InChI is InChI=1S/C19H20ClN3O4S/c1-11-9-14(10-18(12(11)2)23(24)25)28(26,27)21-8-7-15-13(3)22-19-16(15)5-4-6-17(19)20/h4-6,9-10,21-22H,7-8H2,1-3H3. The number of nitrogens with zero attached hydrogens (tertiary/aromatic N) is 1. The molecule has 0 saturated carbocycles. The van der Waals surface area contributed by atoms with Crippen LogP contribution in [0.25, 0.3) is 10.9 Å². The molecule has 3 rings (SSSR count). The number of benzene rings is 2. The summed E-state index contributed by atoms with van der Waals surface area (Å²) in [5.74, 6) is 0. The molecule has 0 fully saturated rings. The van der Waals surface area contributed by atoms with E-state index in [9.17, 15) is 18.5 Å². The summed E-state index contributed by atoms with van der Waals surface area (Å²) in [5.41, 5.74) is 3.52. The highest BCUT2D eigenvalue weighted by molar-refractivity contribution is 7.89. The minimum Gasteiger partial charge on any atom is -0.357 e. The molecule has 0 unspecified atom stereocenters. The number of hydrogen-bond acceptors (Lipinski definition) is 4. The van der Waals surface area contributed by atoms with Gasteiger partial charge >= 0.3 is 0 Å². The number of sulfonamides is 1. The summed E-state index contributed by atoms with van der Waals surface area (Å²) in [6.07, 6.45) is 0.457. The van der Waals surface area contributed by atoms with Gasteiger partial charge in [-0.3, -0.25) is 10.1 Å². The van der Waals surface area contributed by atoms with Gasteiger partial charge in [0.1, 0.15) is 0 Å². The van der Waals surface area contributed by atoms with Crippen LogP contribution in [0.5, 0.6) is 0 Å². The van der Waals surface area contributed by atoms with E-state index < -0.39 is 14.9 Å². The van der Waals surface area contributed by atoms with Crippen LogP contribution < -0.4 is 4.72 Å². The average molecular weight is 422 g/mol. The molecular weight excluding hydrogens is 402 g/mol. The first-order chi connectivity index (χ1) is 13.1. The van der Waals surface area contributed by atoms with Crippen molar-refractivity contribution in [2.24, 2.45) is 0 Å². The Morgan fingerprint density at radius 2 is 1.93 bits per heavy atom. The molecule has 2 aromatic carbocycles. The third-order valence-corrected chi connectivity index (χ3v) is 6.65. The van der Waals surface area contributed by atoms with Crippen LogP contribution in [0.2, 0.25) is 5.02 Å². The van der Waals surface area contributed by atoms with Gasteiger partial charge in [-0.2, -0.15) is 0 Å². The van der Waals surface area contributed by atoms with E-state index in [-0.39, 0.29) is 17.1 Å². The number of aromatic nitrogens is 1. The highest BCUT2D eigenvalue weighted by Crippen LogP contribution is 2.28. The number of aromatic amines is 1. The molecule has 0 spiro atoms. The smallest absolute Gasteiger partial charge is 0.273 e. The Hall–Kier alpha value is -2.42. The van der Waals surface area contributed by atoms with E-state index in [1.165, 1.54) is 6.07 Å². The van der Waals surface area contributed by atoms with Crippen molar-refractivity contribution in [2.75, 3.05) is 6.54 Å². The third-order valence-electron chi connectivity index (χ3n) is 4.89. The van der Waals surface area contributed by atoms with E-state index in [4.69, 9.17) is 11.6 Å². The third kappa shape index (κ3) is 3.76. The fraction of sp³-hybridized carbons (Fsp3) is 0.263. The number of rotatable bonds is 6. The lowest BCUT2D eigenvalue weighted by Crippen LogP contribution is -2.26. The molecule has 3 aromatic rings. The first kappa shape index (κ1) is 20.3. The van der Waals surface area contributed by atoms with Crippen LogP contribution in [0.3, 0.4) is 0 Å². The van der Waals surface area contributed by atoms with Crippen LogP contribution in [0.15, 0.2) is 35.2 Å². The lowest BCUT2D eigenvalue weighted by molar-refractivity contribution is -0.385. The van der Waals surface area contributed by atoms with Crippen molar-refractivity contribution in [2.45, 2.75) is 32.1 Å². The van der Waals surface area contributed by atoms with Gasteiger partial charge in [-0.05, 0) is 50.5 Å². The average Bonchev–Trinajstić information content (AvgIpc) is 2.94. The predicted octanol–water partition coefficient (Wildman–Crippen LogP) is 4.18. The molecule has 9 heteroatoms. The van der Waals surface area contributed by atoms with Crippen molar-refractivity contribution in [1.82, 2.24) is 9.71 Å². The molecule has 0 aliphatic heterocycles. The van der Waals surface area contributed by atoms with E-state index in [1.807, 2.05) is 19.1 Å². The van der Waals surface area contributed by atoms with Gasteiger partial charge in [0.25, 0.3) is 5.69 Å². The maximum Gasteiger partial charge on any atom is 0.273 e. The van der Waals surface area contributed by atoms with Gasteiger partial charge in [0, 0.05) is 29.3 Å². The SMILES string of the molecule is Cc1cc(S(=O)(=O)NCCc2c(C)[nH]c3c(Cl)cccc23)cc([N+](=O)[O-])c1C. The van der Waals surface area contributed by atoms with E-state index in [1.54, 1.807) is 19.9 Å². The van der Waals surface area contributed by atoms with Gasteiger partial charge in [-0.25, -0.2) is 13.1 Å². The second-order valence-electron chi connectivity index (χ2n) is 6.68. The molecule has 1 aromatic heterocycles. The monoisotopic (exact) mass is 421 g/mol. The second kappa shape index (κ2) is 7.54. The Kier molecular flexibility index (Phi) is 5.47. The van der Waals surface area contributed by atoms with Crippen LogP contribution in [-0.4, -0.2) is 24.9 Å². The maximum absolute atomic E-state index is 12.6. The van der Waals surface area contributed by atoms with Crippen molar-refractivity contribution in [1.29, 1.82) is 0 Å². The molecule has 0 aliphatic carbocycles. The number of H-pyrrole nitrogens is 1. The molecule has 0 amide bonds. The lowest BCUT2D eigenvalue weighted by atomic mass is 10.1. The minimum atomic E-state index is -3.87. The first-order valence-corrected chi connectivity index (χ1v) is 10.5. The number of hydrogen-bond donors (Lipinski definition) is 2. The van der Waals surface area contributed by atoms with E-state index in [2.05, 4.69) is 9.71 Å². The normalized spacial score (nSPS) is 11.9. The summed E-state index contributed by atoms with van der Waals surface area (Å²) in [5, 5.41) is 12.7. The highest BCUT2D eigenvalue weighted by Gasteiger charge is 2.22. The van der Waals surface area contributed by atoms with E-state index in [0.717, 1.165) is 28.2 Å². The maximum atomic E-state index is 12.6. The number of halogens is 1. The van der Waals surface area contributed by atoms with Crippen molar-refractivity contribution in [3.05, 3.63) is 67.9 Å². The van der Waals surface area contributed by atoms with Crippen molar-refractivity contribution >= 4 is 38.2 Å². The molecule has 2 N–H and O–H groups in total. The molecule has 148 valence electrons. The fourth-order valence-corrected chi connectivity index (χ4v) is 4.59. The Morgan fingerprint density at radius 1 is 1.21 bits per heavy atom. The molecule has 28 heavy (non-hydrogen) atoms. The molecule has 0 bridgehead atoms. The first-order valence-electron chi connectivity index (χ1n) is 8.63. The summed E-state index contributed by atoms with van der Waals surface area (Å²) in [7, 11) is -3.87. The molecule has 0 atom stereocenters. The fourth-order valence-electron chi connectivity index (χ4n) is 3.24. The summed E-state index contributed by atoms with van der Waals surface area (Å²) in [6.45, 7) is 5.32. The van der Waals surface area contributed by atoms with Crippen LogP contribution in [0.1, 0.15) is 22.4 Å². The topological polar surface area (TPSA) is 105 Å². The summed E-state index contributed by atoms with van der Waals surface area (Å²) >= 11 is 6.20. The zero-order valence-corrected chi connectivity index (χ0v) is 17.2. The summed E-state index contributed by atoms with van der Waals surface area (Å²) < 4.78 is 27.8. The molecule has 1 heterocycles. The predicted molar refractivity (Wildman–Crippen MR) is 110 cm³/mol. The number of para-hydroxylation sites is 1. The van der Waals surface area contributed by atoms with Crippen LogP contribution >= 0.6 is 11.6 Å². The molecule has 0 radical (unpaired) electrons. The summed E-state index contributed by atoms with van der Waals surface area (Å²) in [4.78, 5) is 13.7. The zero-order chi connectivity index (χ0) is 20.6. The van der Waals surface area contributed by atoms with E-state index in [0.29, 0.717) is 22.6 Å². The number of nitro benzene ring substituents is 1. The van der Waals surface area contributed by atoms with Gasteiger partial charge in [-0.15, -0.1) is 0 Å². The largest absolute Gasteiger partial charge is 0.357 e. The van der Waals surface area contributed by atoms with Gasteiger partial charge in [0.05, 0.1) is 20.4 Å². The van der Waals surface area contributed by atoms with Crippen molar-refractivity contribution < 1.29 is 13.3 Å². The van der Waals surface area contributed by atoms with Gasteiger partial charge in [0.15, 0.2) is 0 Å². The van der Waals surface area contributed by atoms with Gasteiger partial charge in [0.2, 0.25) is 10.0 Å². The number of fused-ring (bicyclic) bond motifs is 1. The Balaban J connectivity index is 1.83. The molecule has 0 saturated heterocycles. The highest BCUT2D eigenvalue weighted by atomic mass is 35.5. The number of nitrogens with one attached hydrogen (secondary N) is 2. The Morgan fingerprint density at radius 3 is 2.61 bits per heavy atom. The quantitative estimate of drug-likeness (QED) is 0.460. The minimum absolute atomic E-state index is 0.110. The number of nitro groups is 1. The van der Waals surface area contributed by atoms with Gasteiger partial charge in [-0.1, -0.05) is 23.7 Å². The molecule has 0 aliphatic rings. The summed E-state index contributed by atoms with van der Waals surface area (Å²) in [6, 6.07) is 8.11. The number of aryl methyl sites for hydroxylation is 2. The molecular formula is C19H20ClN3O4S. The Bertz CT molecular complexity index is 1190. The van der Waals surface area contributed by atoms with Crippen LogP contribution in [0.4, 0.5) is 5.69 Å². The van der Waals surface area contributed by atoms with Crippen LogP contribution in [-0.2, 0) is 16.4 Å². The lowest BCUT2D eigenvalue weighted by Gasteiger charge is -2.10. The van der Waals surface area contributed by atoms with Crippen LogP contribution in [0, 0.1) is 30.9 Å². The van der Waals surface area contributed by atoms with Crippen molar-refractivity contribution in [3.63, 3.8) is 0 Å². The zero-order valence-electron chi connectivity index (χ0n) is 15.7.